The maximum absolute atomic E-state index is 13.0. The van der Waals surface area contributed by atoms with Gasteiger partial charge in [-0.15, -0.1) is 16.4 Å². The van der Waals surface area contributed by atoms with E-state index in [2.05, 4.69) is 36.9 Å². The van der Waals surface area contributed by atoms with Crippen molar-refractivity contribution in [2.45, 2.75) is 57.8 Å². The number of pyridine rings is 1. The lowest BCUT2D eigenvalue weighted by Gasteiger charge is -2.25. The number of tetrazole rings is 1. The second kappa shape index (κ2) is 10.6. The van der Waals surface area contributed by atoms with Crippen LogP contribution in [0.4, 0.5) is 0 Å². The van der Waals surface area contributed by atoms with Crippen LogP contribution in [0.25, 0.3) is 10.9 Å². The number of fused-ring (bicyclic) bond motifs is 1. The number of methoxy groups -OCH3 is 2. The lowest BCUT2D eigenvalue weighted by molar-refractivity contribution is 0.227. The summed E-state index contributed by atoms with van der Waals surface area (Å²) in [7, 11) is 3.19. The number of nitrogens with zero attached hydrogens (tertiary/aromatic N) is 5. The first-order valence-electron chi connectivity index (χ1n) is 11.9. The molecule has 0 aliphatic heterocycles. The van der Waals surface area contributed by atoms with Gasteiger partial charge in [0.15, 0.2) is 17.3 Å². The molecule has 10 heteroatoms. The van der Waals surface area contributed by atoms with E-state index in [9.17, 15) is 4.79 Å². The van der Waals surface area contributed by atoms with Crippen LogP contribution in [0.1, 0.15) is 54.4 Å². The van der Waals surface area contributed by atoms with Gasteiger partial charge in [-0.2, -0.15) is 0 Å². The van der Waals surface area contributed by atoms with Crippen molar-refractivity contribution >= 4 is 22.2 Å². The predicted octanol–water partition coefficient (Wildman–Crippen LogP) is 4.30. The fraction of sp³-hybridized carbons (Fsp3) is 0.440. The molecule has 1 saturated carbocycles. The summed E-state index contributed by atoms with van der Waals surface area (Å²) in [5.41, 5.74) is 1.27. The molecule has 1 aliphatic carbocycles. The minimum Gasteiger partial charge on any atom is -0.493 e. The third-order valence-corrected chi connectivity index (χ3v) is 7.49. The first-order chi connectivity index (χ1) is 17.1. The number of hydrogen-bond donors (Lipinski definition) is 1. The van der Waals surface area contributed by atoms with Gasteiger partial charge in [-0.25, -0.2) is 4.68 Å². The Kier molecular flexibility index (Phi) is 7.10. The summed E-state index contributed by atoms with van der Waals surface area (Å²) in [6, 6.07) is 10.1. The van der Waals surface area contributed by atoms with Crippen molar-refractivity contribution in [1.29, 1.82) is 0 Å². The molecule has 1 N–H and O–H groups in total. The molecule has 1 aromatic carbocycles. The molecule has 0 spiro atoms. The Morgan fingerprint density at radius 3 is 2.63 bits per heavy atom. The molecule has 0 atom stereocenters. The van der Waals surface area contributed by atoms with Gasteiger partial charge in [0.25, 0.3) is 5.56 Å². The Bertz CT molecular complexity index is 1330. The number of nitrogens with one attached hydrogen (secondary N) is 1. The van der Waals surface area contributed by atoms with Gasteiger partial charge in [0.05, 0.1) is 32.3 Å². The van der Waals surface area contributed by atoms with Crippen LogP contribution in [0.3, 0.4) is 0 Å². The number of aromatic amines is 1. The van der Waals surface area contributed by atoms with E-state index in [1.54, 1.807) is 31.6 Å². The van der Waals surface area contributed by atoms with Gasteiger partial charge < -0.3 is 14.5 Å². The van der Waals surface area contributed by atoms with Crippen molar-refractivity contribution in [3.05, 3.63) is 62.3 Å². The third-order valence-electron chi connectivity index (χ3n) is 6.63. The summed E-state index contributed by atoms with van der Waals surface area (Å²) < 4.78 is 12.8. The third kappa shape index (κ3) is 5.23. The van der Waals surface area contributed by atoms with Gasteiger partial charge in [-0.1, -0.05) is 25.3 Å². The summed E-state index contributed by atoms with van der Waals surface area (Å²) in [5, 5.41) is 15.6. The van der Waals surface area contributed by atoms with Crippen LogP contribution in [0, 0.1) is 0 Å². The zero-order valence-electron chi connectivity index (χ0n) is 20.1. The molecule has 3 aromatic heterocycles. The predicted molar refractivity (Wildman–Crippen MR) is 135 cm³/mol. The molecule has 1 aliphatic rings. The van der Waals surface area contributed by atoms with E-state index in [1.807, 2.05) is 22.9 Å². The van der Waals surface area contributed by atoms with Crippen molar-refractivity contribution in [3.8, 4) is 11.5 Å². The number of benzene rings is 1. The molecule has 5 rings (SSSR count). The zero-order chi connectivity index (χ0) is 24.2. The summed E-state index contributed by atoms with van der Waals surface area (Å²) in [6.45, 7) is 1.73. The normalized spacial score (nSPS) is 14.6. The number of aromatic nitrogens is 5. The molecule has 1 fully saturated rings. The maximum atomic E-state index is 13.0. The topological polar surface area (TPSA) is 98.2 Å². The SMILES string of the molecule is COc1cc2cc(CN(Cc3cccs3)Cc3nnnn3C3CCCCC3)c(=O)[nH]c2cc1OC. The van der Waals surface area contributed by atoms with E-state index in [0.717, 1.165) is 24.1 Å². The van der Waals surface area contributed by atoms with Crippen molar-refractivity contribution < 1.29 is 9.47 Å². The van der Waals surface area contributed by atoms with E-state index < -0.39 is 0 Å². The van der Waals surface area contributed by atoms with Crippen LogP contribution in [0.5, 0.6) is 11.5 Å². The second-order valence-corrected chi connectivity index (χ2v) is 10.0. The van der Waals surface area contributed by atoms with Gasteiger partial charge >= 0.3 is 0 Å². The molecule has 0 unspecified atom stereocenters. The number of ether oxygens (including phenoxy) is 2. The molecular weight excluding hydrogens is 464 g/mol. The number of H-pyrrole nitrogens is 1. The molecule has 0 bridgehead atoms. The monoisotopic (exact) mass is 494 g/mol. The molecule has 35 heavy (non-hydrogen) atoms. The van der Waals surface area contributed by atoms with E-state index in [1.165, 1.54) is 24.1 Å². The largest absolute Gasteiger partial charge is 0.493 e. The van der Waals surface area contributed by atoms with Crippen LogP contribution >= 0.6 is 11.3 Å². The average molecular weight is 495 g/mol. The lowest BCUT2D eigenvalue weighted by atomic mass is 9.95. The zero-order valence-corrected chi connectivity index (χ0v) is 20.9. The van der Waals surface area contributed by atoms with E-state index in [-0.39, 0.29) is 5.56 Å². The van der Waals surface area contributed by atoms with Crippen LogP contribution in [0.2, 0.25) is 0 Å². The highest BCUT2D eigenvalue weighted by Crippen LogP contribution is 2.31. The van der Waals surface area contributed by atoms with Crippen LogP contribution in [-0.2, 0) is 19.6 Å². The van der Waals surface area contributed by atoms with E-state index >= 15 is 0 Å². The van der Waals surface area contributed by atoms with Gasteiger partial charge in [0.2, 0.25) is 0 Å². The minimum atomic E-state index is -0.118. The minimum absolute atomic E-state index is 0.118. The maximum Gasteiger partial charge on any atom is 0.252 e. The summed E-state index contributed by atoms with van der Waals surface area (Å²) in [4.78, 5) is 19.5. The molecule has 4 aromatic rings. The molecule has 3 heterocycles. The standard InChI is InChI=1S/C25H30N6O3S/c1-33-22-12-17-11-18(25(32)26-21(17)13-23(22)34-2)14-30(15-20-9-6-10-35-20)16-24-27-28-29-31(24)19-7-4-3-5-8-19/h6,9-13,19H,3-5,7-8,14-16H2,1-2H3,(H,26,32). The van der Waals surface area contributed by atoms with Crippen molar-refractivity contribution in [1.82, 2.24) is 30.1 Å². The molecular formula is C25H30N6O3S. The quantitative estimate of drug-likeness (QED) is 0.370. The smallest absolute Gasteiger partial charge is 0.252 e. The van der Waals surface area contributed by atoms with Crippen molar-refractivity contribution in [2.75, 3.05) is 14.2 Å². The Morgan fingerprint density at radius 2 is 1.89 bits per heavy atom. The number of rotatable bonds is 9. The molecule has 0 saturated heterocycles. The average Bonchev–Trinajstić information content (AvgIpc) is 3.56. The summed E-state index contributed by atoms with van der Waals surface area (Å²) >= 11 is 1.71. The second-order valence-electron chi connectivity index (χ2n) is 8.97. The highest BCUT2D eigenvalue weighted by molar-refractivity contribution is 7.09. The Hall–Kier alpha value is -3.24. The van der Waals surface area contributed by atoms with Crippen LogP contribution in [0.15, 0.2) is 40.5 Å². The summed E-state index contributed by atoms with van der Waals surface area (Å²) in [5.74, 6) is 2.05. The Labute approximate surface area is 207 Å². The fourth-order valence-corrected chi connectivity index (χ4v) is 5.60. The van der Waals surface area contributed by atoms with Gasteiger partial charge in [-0.05, 0) is 46.8 Å². The number of hydrogen-bond acceptors (Lipinski definition) is 8. The lowest BCUT2D eigenvalue weighted by Crippen LogP contribution is -2.28. The highest BCUT2D eigenvalue weighted by Gasteiger charge is 2.22. The van der Waals surface area contributed by atoms with Crippen LogP contribution in [-0.4, -0.2) is 44.3 Å². The molecule has 0 amide bonds. The van der Waals surface area contributed by atoms with Crippen LogP contribution < -0.4 is 15.0 Å². The summed E-state index contributed by atoms with van der Waals surface area (Å²) in [6.07, 6.45) is 5.92. The van der Waals surface area contributed by atoms with Gasteiger partial charge in [-0.3, -0.25) is 9.69 Å². The fourth-order valence-electron chi connectivity index (χ4n) is 4.85. The molecule has 9 nitrogen and oxygen atoms in total. The Balaban J connectivity index is 1.45. The molecule has 184 valence electrons. The van der Waals surface area contributed by atoms with Gasteiger partial charge in [0, 0.05) is 35.0 Å². The van der Waals surface area contributed by atoms with Crippen molar-refractivity contribution in [3.63, 3.8) is 0 Å². The van der Waals surface area contributed by atoms with E-state index in [4.69, 9.17) is 9.47 Å². The Morgan fingerprint density at radius 1 is 1.09 bits per heavy atom. The highest BCUT2D eigenvalue weighted by atomic mass is 32.1. The van der Waals surface area contributed by atoms with E-state index in [0.29, 0.717) is 48.3 Å². The first kappa shape index (κ1) is 23.5. The molecule has 0 radical (unpaired) electrons. The first-order valence-corrected chi connectivity index (χ1v) is 12.8. The van der Waals surface area contributed by atoms with Crippen molar-refractivity contribution in [2.24, 2.45) is 0 Å². The van der Waals surface area contributed by atoms with Gasteiger partial charge in [0.1, 0.15) is 0 Å². The number of thiophene rings is 1.